The third-order valence-corrected chi connectivity index (χ3v) is 4.79. The maximum absolute atomic E-state index is 5.71. The number of halogens is 1. The molecule has 0 atom stereocenters. The average molecular weight is 438 g/mol. The molecule has 1 rings (SSSR count). The number of ether oxygens (including phenoxy) is 1. The van der Waals surface area contributed by atoms with Crippen LogP contribution in [0.1, 0.15) is 84.0 Å². The molecule has 0 aliphatic carbocycles. The molecule has 0 spiro atoms. The fourth-order valence-corrected chi connectivity index (χ4v) is 3.07. The molecular formula is C24H40BrNO. The van der Waals surface area contributed by atoms with Gasteiger partial charge in [-0.1, -0.05) is 89.3 Å². The molecule has 0 saturated heterocycles. The van der Waals surface area contributed by atoms with Crippen molar-refractivity contribution in [1.82, 2.24) is 0 Å². The molecule has 0 aromatic heterocycles. The lowest BCUT2D eigenvalue weighted by Crippen LogP contribution is -3.00. The van der Waals surface area contributed by atoms with Crippen LogP contribution in [0.25, 0.3) is 0 Å². The summed E-state index contributed by atoms with van der Waals surface area (Å²) in [5, 5.41) is 2.15. The summed E-state index contributed by atoms with van der Waals surface area (Å²) in [5.41, 5.74) is 0.900. The van der Waals surface area contributed by atoms with Gasteiger partial charge in [-0.05, 0) is 38.1 Å². The molecule has 0 heterocycles. The molecule has 0 bridgehead atoms. The highest BCUT2D eigenvalue weighted by Crippen LogP contribution is 2.13. The first kappa shape index (κ1) is 25.9. The fourth-order valence-electron chi connectivity index (χ4n) is 3.07. The zero-order chi connectivity index (χ0) is 18.9. The van der Waals surface area contributed by atoms with Crippen LogP contribution in [0.2, 0.25) is 0 Å². The average Bonchev–Trinajstić information content (AvgIpc) is 2.66. The predicted molar refractivity (Wildman–Crippen MR) is 113 cm³/mol. The Hall–Kier alpha value is -1.06. The molecule has 2 N–H and O–H groups in total. The summed E-state index contributed by atoms with van der Waals surface area (Å²) in [6.45, 7) is 11.4. The molecule has 3 heteroatoms. The maximum Gasteiger partial charge on any atom is 0.180 e. The molecule has 1 aromatic carbocycles. The Morgan fingerprint density at radius 1 is 0.778 bits per heavy atom. The second-order valence-corrected chi connectivity index (χ2v) is 7.25. The number of nitrogens with two attached hydrogens (primary N) is 1. The normalized spacial score (nSPS) is 10.3. The summed E-state index contributed by atoms with van der Waals surface area (Å²) in [7, 11) is 0. The van der Waals surface area contributed by atoms with Crippen molar-refractivity contribution in [2.45, 2.75) is 84.0 Å². The molecule has 2 nitrogen and oxygen atoms in total. The predicted octanol–water partition coefficient (Wildman–Crippen LogP) is 3.36. The van der Waals surface area contributed by atoms with Gasteiger partial charge in [0.25, 0.3) is 0 Å². The van der Waals surface area contributed by atoms with Crippen LogP contribution in [0.5, 0.6) is 5.75 Å². The van der Waals surface area contributed by atoms with Gasteiger partial charge in [0.15, 0.2) is 11.5 Å². The number of benzene rings is 1. The van der Waals surface area contributed by atoms with Crippen molar-refractivity contribution in [3.63, 3.8) is 0 Å². The second-order valence-electron chi connectivity index (χ2n) is 7.25. The van der Waals surface area contributed by atoms with Crippen LogP contribution in [0, 0.1) is 0 Å². The quantitative estimate of drug-likeness (QED) is 0.225. The van der Waals surface area contributed by atoms with E-state index in [9.17, 15) is 0 Å². The zero-order valence-corrected chi connectivity index (χ0v) is 18.9. The standard InChI is InChI=1S/C24H39NO.BrH/c1-4-5-6-7-8-9-10-11-12-13-14-18-21-25-22(2)23(3)26-24-19-16-15-17-20-24;/h15-17,19-20,25H,2-14,18,21H2,1H3;1H. The van der Waals surface area contributed by atoms with Gasteiger partial charge >= 0.3 is 0 Å². The van der Waals surface area contributed by atoms with Crippen molar-refractivity contribution in [3.8, 4) is 5.75 Å². The zero-order valence-electron chi connectivity index (χ0n) is 17.4. The highest BCUT2D eigenvalue weighted by molar-refractivity contribution is 5.26. The minimum atomic E-state index is 0. The number of hydrogen-bond donors (Lipinski definition) is 1. The van der Waals surface area contributed by atoms with E-state index in [2.05, 4.69) is 25.4 Å². The molecule has 154 valence electrons. The van der Waals surface area contributed by atoms with Gasteiger partial charge in [-0.2, -0.15) is 0 Å². The summed E-state index contributed by atoms with van der Waals surface area (Å²) in [4.78, 5) is 0. The first-order chi connectivity index (χ1) is 12.7. The lowest BCUT2D eigenvalue weighted by molar-refractivity contribution is -0.604. The molecule has 0 aliphatic rings. The van der Waals surface area contributed by atoms with Crippen LogP contribution >= 0.6 is 0 Å². The van der Waals surface area contributed by atoms with Gasteiger partial charge in [0, 0.05) is 0 Å². The van der Waals surface area contributed by atoms with Crippen molar-refractivity contribution in [1.29, 1.82) is 0 Å². The Kier molecular flexibility index (Phi) is 17.6. The highest BCUT2D eigenvalue weighted by atomic mass is 79.9. The molecule has 0 radical (unpaired) electrons. The van der Waals surface area contributed by atoms with Gasteiger partial charge in [0.05, 0.1) is 6.54 Å². The lowest BCUT2D eigenvalue weighted by atomic mass is 10.1. The molecule has 0 aliphatic heterocycles. The molecule has 0 unspecified atom stereocenters. The van der Waals surface area contributed by atoms with E-state index in [4.69, 9.17) is 4.74 Å². The van der Waals surface area contributed by atoms with E-state index in [-0.39, 0.29) is 17.0 Å². The minimum absolute atomic E-state index is 0. The van der Waals surface area contributed by atoms with E-state index in [0.717, 1.165) is 18.0 Å². The summed E-state index contributed by atoms with van der Waals surface area (Å²) < 4.78 is 5.71. The first-order valence-corrected chi connectivity index (χ1v) is 10.7. The van der Waals surface area contributed by atoms with Crippen LogP contribution in [-0.4, -0.2) is 6.54 Å². The number of quaternary nitrogens is 1. The fraction of sp³-hybridized carbons (Fsp3) is 0.583. The SMILES string of the molecule is C=C([NH2+]CCCCCCCCCCCCCC)C(=C)Oc1ccccc1.[Br-]. The Balaban J connectivity index is 0.00000676. The van der Waals surface area contributed by atoms with E-state index in [0.29, 0.717) is 5.76 Å². The van der Waals surface area contributed by atoms with Crippen molar-refractivity contribution < 1.29 is 27.0 Å². The van der Waals surface area contributed by atoms with Crippen molar-refractivity contribution in [2.24, 2.45) is 0 Å². The van der Waals surface area contributed by atoms with Crippen LogP contribution in [0.4, 0.5) is 0 Å². The second kappa shape index (κ2) is 18.3. The molecule has 0 amide bonds. The first-order valence-electron chi connectivity index (χ1n) is 10.7. The van der Waals surface area contributed by atoms with Gasteiger partial charge < -0.3 is 27.0 Å². The summed E-state index contributed by atoms with van der Waals surface area (Å²) in [6, 6.07) is 9.76. The topological polar surface area (TPSA) is 25.8 Å². The molecule has 0 fully saturated rings. The largest absolute Gasteiger partial charge is 1.00 e. The summed E-state index contributed by atoms with van der Waals surface area (Å²) in [5.74, 6) is 1.47. The van der Waals surface area contributed by atoms with Crippen molar-refractivity contribution in [2.75, 3.05) is 6.54 Å². The third kappa shape index (κ3) is 14.6. The molecule has 0 saturated carbocycles. The Morgan fingerprint density at radius 3 is 1.78 bits per heavy atom. The molecule has 27 heavy (non-hydrogen) atoms. The van der Waals surface area contributed by atoms with E-state index in [1.165, 1.54) is 77.0 Å². The monoisotopic (exact) mass is 437 g/mol. The molecular weight excluding hydrogens is 398 g/mol. The van der Waals surface area contributed by atoms with Gasteiger partial charge in [0.2, 0.25) is 0 Å². The lowest BCUT2D eigenvalue weighted by Gasteiger charge is -2.09. The van der Waals surface area contributed by atoms with Crippen LogP contribution < -0.4 is 27.0 Å². The van der Waals surface area contributed by atoms with E-state index < -0.39 is 0 Å². The van der Waals surface area contributed by atoms with E-state index >= 15 is 0 Å². The number of unbranched alkanes of at least 4 members (excludes halogenated alkanes) is 11. The van der Waals surface area contributed by atoms with Crippen LogP contribution in [-0.2, 0) is 0 Å². The minimum Gasteiger partial charge on any atom is -1.00 e. The van der Waals surface area contributed by atoms with E-state index in [1.54, 1.807) is 0 Å². The van der Waals surface area contributed by atoms with Gasteiger partial charge in [-0.15, -0.1) is 0 Å². The maximum atomic E-state index is 5.71. The molecule has 1 aromatic rings. The number of hydrogen-bond acceptors (Lipinski definition) is 1. The Bertz CT molecular complexity index is 486. The highest BCUT2D eigenvalue weighted by Gasteiger charge is 2.06. The van der Waals surface area contributed by atoms with Gasteiger partial charge in [-0.3, -0.25) is 0 Å². The van der Waals surface area contributed by atoms with Crippen molar-refractivity contribution >= 4 is 0 Å². The van der Waals surface area contributed by atoms with Gasteiger partial charge in [-0.25, -0.2) is 0 Å². The van der Waals surface area contributed by atoms with Crippen LogP contribution in [0.15, 0.2) is 54.9 Å². The van der Waals surface area contributed by atoms with E-state index in [1.807, 2.05) is 30.3 Å². The Morgan fingerprint density at radius 2 is 1.26 bits per heavy atom. The summed E-state index contributed by atoms with van der Waals surface area (Å²) >= 11 is 0. The smallest absolute Gasteiger partial charge is 0.180 e. The number of rotatable bonds is 17. The Labute approximate surface area is 178 Å². The van der Waals surface area contributed by atoms with Crippen LogP contribution in [0.3, 0.4) is 0 Å². The summed E-state index contributed by atoms with van der Waals surface area (Å²) in [6.07, 6.45) is 16.6. The third-order valence-electron chi connectivity index (χ3n) is 4.79. The number of para-hydroxylation sites is 1. The van der Waals surface area contributed by atoms with Crippen molar-refractivity contribution in [3.05, 3.63) is 54.9 Å². The van der Waals surface area contributed by atoms with Gasteiger partial charge in [0.1, 0.15) is 5.75 Å².